The number of aryl methyl sites for hydroxylation is 1. The van der Waals surface area contributed by atoms with Gasteiger partial charge in [0.15, 0.2) is 0 Å². The topological polar surface area (TPSA) is 54.9 Å². The Hall–Kier alpha value is -2.12. The second-order valence-electron chi connectivity index (χ2n) is 6.02. The molecule has 1 aliphatic heterocycles. The van der Waals surface area contributed by atoms with Gasteiger partial charge >= 0.3 is 0 Å². The smallest absolute Gasteiger partial charge is 0.257 e. The first kappa shape index (κ1) is 17.7. The molecule has 1 amide bonds. The van der Waals surface area contributed by atoms with Gasteiger partial charge in [0.2, 0.25) is 0 Å². The summed E-state index contributed by atoms with van der Waals surface area (Å²) >= 11 is 1.69. The average molecular weight is 361 g/mol. The number of carbonyl (C=O) groups is 1. The highest BCUT2D eigenvalue weighted by Crippen LogP contribution is 2.26. The van der Waals surface area contributed by atoms with E-state index in [0.29, 0.717) is 30.2 Å². The number of rotatable bonds is 5. The van der Waals surface area contributed by atoms with Crippen LogP contribution in [0.5, 0.6) is 11.5 Å². The van der Waals surface area contributed by atoms with Crippen molar-refractivity contribution in [2.75, 3.05) is 40.4 Å². The highest BCUT2D eigenvalue weighted by molar-refractivity contribution is 7.09. The van der Waals surface area contributed by atoms with Crippen LogP contribution in [-0.2, 0) is 6.54 Å². The largest absolute Gasteiger partial charge is 0.497 e. The molecule has 1 fully saturated rings. The molecule has 1 aliphatic rings. The van der Waals surface area contributed by atoms with E-state index in [1.54, 1.807) is 43.8 Å². The molecule has 0 unspecified atom stereocenters. The van der Waals surface area contributed by atoms with Crippen LogP contribution in [0, 0.1) is 6.92 Å². The first-order chi connectivity index (χ1) is 12.1. The van der Waals surface area contributed by atoms with Gasteiger partial charge in [-0.15, -0.1) is 11.3 Å². The maximum atomic E-state index is 12.8. The number of benzene rings is 1. The second kappa shape index (κ2) is 7.84. The first-order valence-electron chi connectivity index (χ1n) is 8.25. The lowest BCUT2D eigenvalue weighted by molar-refractivity contribution is 0.0625. The molecule has 0 atom stereocenters. The highest BCUT2D eigenvalue weighted by atomic mass is 32.1. The van der Waals surface area contributed by atoms with Gasteiger partial charge < -0.3 is 14.4 Å². The zero-order valence-electron chi connectivity index (χ0n) is 14.8. The summed E-state index contributed by atoms with van der Waals surface area (Å²) in [5.74, 6) is 1.23. The first-order valence-corrected chi connectivity index (χ1v) is 9.13. The van der Waals surface area contributed by atoms with E-state index in [-0.39, 0.29) is 5.91 Å². The number of ether oxygens (including phenoxy) is 2. The van der Waals surface area contributed by atoms with Gasteiger partial charge in [-0.3, -0.25) is 9.69 Å². The van der Waals surface area contributed by atoms with E-state index < -0.39 is 0 Å². The van der Waals surface area contributed by atoms with Crippen LogP contribution in [0.3, 0.4) is 0 Å². The summed E-state index contributed by atoms with van der Waals surface area (Å²) in [5, 5.41) is 3.21. The van der Waals surface area contributed by atoms with Crippen molar-refractivity contribution < 1.29 is 14.3 Å². The minimum absolute atomic E-state index is 0.00393. The number of hydrogen-bond acceptors (Lipinski definition) is 6. The van der Waals surface area contributed by atoms with Crippen LogP contribution in [0.1, 0.15) is 21.1 Å². The van der Waals surface area contributed by atoms with Crippen molar-refractivity contribution in [2.24, 2.45) is 0 Å². The van der Waals surface area contributed by atoms with Gasteiger partial charge in [0, 0.05) is 43.3 Å². The van der Waals surface area contributed by atoms with E-state index in [4.69, 9.17) is 9.47 Å². The van der Waals surface area contributed by atoms with Gasteiger partial charge in [-0.25, -0.2) is 4.98 Å². The lowest BCUT2D eigenvalue weighted by Gasteiger charge is -2.34. The van der Waals surface area contributed by atoms with Crippen LogP contribution in [0.15, 0.2) is 23.6 Å². The Balaban J connectivity index is 1.61. The minimum atomic E-state index is 0.00393. The van der Waals surface area contributed by atoms with Crippen LogP contribution in [0.25, 0.3) is 0 Å². The number of piperazine rings is 1. The van der Waals surface area contributed by atoms with Gasteiger partial charge in [-0.2, -0.15) is 0 Å². The summed E-state index contributed by atoms with van der Waals surface area (Å²) in [6.45, 7) is 5.98. The van der Waals surface area contributed by atoms with E-state index in [1.807, 2.05) is 11.8 Å². The maximum absolute atomic E-state index is 12.8. The van der Waals surface area contributed by atoms with Crippen molar-refractivity contribution >= 4 is 17.2 Å². The Morgan fingerprint density at radius 1 is 1.20 bits per heavy atom. The van der Waals surface area contributed by atoms with Crippen LogP contribution in [0.4, 0.5) is 0 Å². The molecule has 7 heteroatoms. The molecule has 1 saturated heterocycles. The fraction of sp³-hybridized carbons (Fsp3) is 0.444. The van der Waals surface area contributed by atoms with Gasteiger partial charge in [0.05, 0.1) is 26.3 Å². The molecule has 0 aliphatic carbocycles. The number of aromatic nitrogens is 1. The molecule has 0 bridgehead atoms. The quantitative estimate of drug-likeness (QED) is 0.819. The minimum Gasteiger partial charge on any atom is -0.497 e. The van der Waals surface area contributed by atoms with Crippen LogP contribution in [0.2, 0.25) is 0 Å². The summed E-state index contributed by atoms with van der Waals surface area (Å²) < 4.78 is 10.6. The number of methoxy groups -OCH3 is 2. The molecule has 0 radical (unpaired) electrons. The molecule has 25 heavy (non-hydrogen) atoms. The van der Waals surface area contributed by atoms with Crippen molar-refractivity contribution in [3.05, 3.63) is 39.8 Å². The Kier molecular flexibility index (Phi) is 5.55. The predicted octanol–water partition coefficient (Wildman–Crippen LogP) is 2.43. The monoisotopic (exact) mass is 361 g/mol. The van der Waals surface area contributed by atoms with Gasteiger partial charge in [-0.1, -0.05) is 0 Å². The number of amides is 1. The summed E-state index contributed by atoms with van der Waals surface area (Å²) in [6, 6.07) is 5.30. The molecule has 1 aromatic carbocycles. The molecule has 0 spiro atoms. The van der Waals surface area contributed by atoms with Crippen molar-refractivity contribution in [1.82, 2.24) is 14.8 Å². The van der Waals surface area contributed by atoms with Gasteiger partial charge in [0.1, 0.15) is 16.5 Å². The molecule has 0 saturated carbocycles. The van der Waals surface area contributed by atoms with Crippen LogP contribution < -0.4 is 9.47 Å². The van der Waals surface area contributed by atoms with Crippen molar-refractivity contribution in [2.45, 2.75) is 13.5 Å². The third kappa shape index (κ3) is 4.11. The third-order valence-corrected chi connectivity index (χ3v) is 5.28. The molecule has 2 heterocycles. The highest BCUT2D eigenvalue weighted by Gasteiger charge is 2.25. The summed E-state index contributed by atoms with van der Waals surface area (Å²) in [5.41, 5.74) is 1.65. The lowest BCUT2D eigenvalue weighted by atomic mass is 10.1. The molecular weight excluding hydrogens is 338 g/mol. The Labute approximate surface area is 152 Å². The number of hydrogen-bond donors (Lipinski definition) is 0. The fourth-order valence-corrected chi connectivity index (χ4v) is 3.73. The zero-order chi connectivity index (χ0) is 17.8. The molecule has 134 valence electrons. The number of nitrogens with zero attached hydrogens (tertiary/aromatic N) is 3. The zero-order valence-corrected chi connectivity index (χ0v) is 15.6. The SMILES string of the molecule is COc1ccc(C(=O)N2CCN(Cc3nc(C)cs3)CC2)c(OC)c1. The standard InChI is InChI=1S/C18H23N3O3S/c1-13-12-25-17(19-13)11-20-6-8-21(9-7-20)18(22)15-5-4-14(23-2)10-16(15)24-3/h4-5,10,12H,6-9,11H2,1-3H3. The van der Waals surface area contributed by atoms with Crippen molar-refractivity contribution in [3.8, 4) is 11.5 Å². The van der Waals surface area contributed by atoms with Crippen molar-refractivity contribution in [1.29, 1.82) is 0 Å². The molecule has 0 N–H and O–H groups in total. The van der Waals surface area contributed by atoms with Crippen LogP contribution in [-0.4, -0.2) is 61.1 Å². The van der Waals surface area contributed by atoms with E-state index in [2.05, 4.69) is 15.3 Å². The Morgan fingerprint density at radius 3 is 2.56 bits per heavy atom. The van der Waals surface area contributed by atoms with E-state index in [0.717, 1.165) is 30.3 Å². The summed E-state index contributed by atoms with van der Waals surface area (Å²) in [4.78, 5) is 21.6. The molecule has 1 aromatic heterocycles. The number of carbonyl (C=O) groups excluding carboxylic acids is 1. The van der Waals surface area contributed by atoms with E-state index >= 15 is 0 Å². The molecule has 3 rings (SSSR count). The summed E-state index contributed by atoms with van der Waals surface area (Å²) in [7, 11) is 3.17. The Bertz CT molecular complexity index is 739. The normalized spacial score (nSPS) is 15.2. The lowest BCUT2D eigenvalue weighted by Crippen LogP contribution is -2.48. The second-order valence-corrected chi connectivity index (χ2v) is 6.96. The molecule has 6 nitrogen and oxygen atoms in total. The predicted molar refractivity (Wildman–Crippen MR) is 97.6 cm³/mol. The fourth-order valence-electron chi connectivity index (χ4n) is 2.92. The number of thiazole rings is 1. The third-order valence-electron chi connectivity index (χ3n) is 4.32. The Morgan fingerprint density at radius 2 is 1.96 bits per heavy atom. The maximum Gasteiger partial charge on any atom is 0.257 e. The average Bonchev–Trinajstić information content (AvgIpc) is 3.06. The van der Waals surface area contributed by atoms with Gasteiger partial charge in [-0.05, 0) is 19.1 Å². The van der Waals surface area contributed by atoms with Gasteiger partial charge in [0.25, 0.3) is 5.91 Å². The summed E-state index contributed by atoms with van der Waals surface area (Å²) in [6.07, 6.45) is 0. The molecule has 2 aromatic rings. The van der Waals surface area contributed by atoms with Crippen molar-refractivity contribution in [3.63, 3.8) is 0 Å². The molecular formula is C18H23N3O3S. The van der Waals surface area contributed by atoms with Crippen LogP contribution >= 0.6 is 11.3 Å². The van der Waals surface area contributed by atoms with E-state index in [9.17, 15) is 4.79 Å². The van der Waals surface area contributed by atoms with E-state index in [1.165, 1.54) is 0 Å².